The van der Waals surface area contributed by atoms with Crippen LogP contribution in [0.3, 0.4) is 0 Å². The molecule has 1 aromatic rings. The van der Waals surface area contributed by atoms with Crippen molar-refractivity contribution in [1.29, 1.82) is 0 Å². The first-order chi connectivity index (χ1) is 9.71. The van der Waals surface area contributed by atoms with Crippen molar-refractivity contribution in [3.63, 3.8) is 0 Å². The number of hydrogen-bond acceptors (Lipinski definition) is 2. The molecule has 0 bridgehead atoms. The highest BCUT2D eigenvalue weighted by molar-refractivity contribution is 5.20. The van der Waals surface area contributed by atoms with Gasteiger partial charge in [-0.25, -0.2) is 13.2 Å². The predicted octanol–water partition coefficient (Wildman–Crippen LogP) is 3.52. The van der Waals surface area contributed by atoms with Crippen molar-refractivity contribution in [2.45, 2.75) is 51.7 Å². The molecule has 0 atom stereocenters. The first-order valence-electron chi connectivity index (χ1n) is 7.27. The molecule has 21 heavy (non-hydrogen) atoms. The van der Waals surface area contributed by atoms with Crippen LogP contribution in [-0.2, 0) is 6.54 Å². The minimum Gasteiger partial charge on any atom is -0.389 e. The van der Waals surface area contributed by atoms with Crippen LogP contribution >= 0.6 is 0 Å². The molecule has 0 aliphatic heterocycles. The van der Waals surface area contributed by atoms with Crippen molar-refractivity contribution in [3.8, 4) is 0 Å². The summed E-state index contributed by atoms with van der Waals surface area (Å²) in [5.41, 5.74) is -0.489. The first kappa shape index (κ1) is 16.3. The van der Waals surface area contributed by atoms with Crippen LogP contribution in [0.25, 0.3) is 0 Å². The van der Waals surface area contributed by atoms with Crippen LogP contribution in [0, 0.1) is 22.9 Å². The molecule has 1 saturated carbocycles. The second-order valence-corrected chi connectivity index (χ2v) is 6.85. The molecule has 5 heteroatoms. The topological polar surface area (TPSA) is 32.3 Å². The molecule has 0 aromatic heterocycles. The fourth-order valence-electron chi connectivity index (χ4n) is 2.70. The quantitative estimate of drug-likeness (QED) is 0.834. The summed E-state index contributed by atoms with van der Waals surface area (Å²) in [5, 5.41) is 13.4. The van der Waals surface area contributed by atoms with Gasteiger partial charge in [0, 0.05) is 24.7 Å². The summed E-state index contributed by atoms with van der Waals surface area (Å²) >= 11 is 0. The molecular formula is C16H22F3NO. The summed E-state index contributed by atoms with van der Waals surface area (Å²) in [7, 11) is 0. The average molecular weight is 301 g/mol. The van der Waals surface area contributed by atoms with Crippen molar-refractivity contribution in [2.75, 3.05) is 6.54 Å². The second-order valence-electron chi connectivity index (χ2n) is 6.85. The molecule has 0 radical (unpaired) electrons. The average Bonchev–Trinajstić information content (AvgIpc) is 2.40. The molecule has 1 aromatic carbocycles. The molecule has 2 N–H and O–H groups in total. The summed E-state index contributed by atoms with van der Waals surface area (Å²) < 4.78 is 39.4. The van der Waals surface area contributed by atoms with E-state index in [9.17, 15) is 18.3 Å². The van der Waals surface area contributed by atoms with E-state index in [1.165, 1.54) is 0 Å². The van der Waals surface area contributed by atoms with Gasteiger partial charge in [0.2, 0.25) is 0 Å². The first-order valence-corrected chi connectivity index (χ1v) is 7.27. The zero-order valence-electron chi connectivity index (χ0n) is 12.5. The minimum absolute atomic E-state index is 0.0636. The van der Waals surface area contributed by atoms with Gasteiger partial charge in [-0.3, -0.25) is 0 Å². The highest BCUT2D eigenvalue weighted by Crippen LogP contribution is 2.39. The standard InChI is InChI=1S/C16H22F3NO/c1-15(2)3-5-16(21,6-4-15)10-20-9-11-7-13(18)14(19)8-12(11)17/h7-8,20-21H,3-6,9-10H2,1-2H3. The number of rotatable bonds is 4. The lowest BCUT2D eigenvalue weighted by Crippen LogP contribution is -2.44. The molecule has 0 spiro atoms. The number of nitrogens with one attached hydrogen (secondary N) is 1. The third-order valence-electron chi connectivity index (χ3n) is 4.39. The van der Waals surface area contributed by atoms with Gasteiger partial charge in [-0.05, 0) is 37.2 Å². The molecular weight excluding hydrogens is 279 g/mol. The van der Waals surface area contributed by atoms with Crippen molar-refractivity contribution in [3.05, 3.63) is 35.1 Å². The van der Waals surface area contributed by atoms with E-state index in [4.69, 9.17) is 0 Å². The van der Waals surface area contributed by atoms with E-state index in [-0.39, 0.29) is 17.5 Å². The Labute approximate surface area is 123 Å². The predicted molar refractivity (Wildman–Crippen MR) is 75.2 cm³/mol. The van der Waals surface area contributed by atoms with Crippen LogP contribution in [-0.4, -0.2) is 17.3 Å². The van der Waals surface area contributed by atoms with Gasteiger partial charge in [0.05, 0.1) is 5.60 Å². The lowest BCUT2D eigenvalue weighted by Gasteiger charge is -2.40. The lowest BCUT2D eigenvalue weighted by molar-refractivity contribution is -0.0245. The van der Waals surface area contributed by atoms with Crippen LogP contribution < -0.4 is 5.32 Å². The summed E-state index contributed by atoms with van der Waals surface area (Å²) in [6.07, 6.45) is 3.25. The summed E-state index contributed by atoms with van der Waals surface area (Å²) in [4.78, 5) is 0. The van der Waals surface area contributed by atoms with Crippen LogP contribution in [0.4, 0.5) is 13.2 Å². The Morgan fingerprint density at radius 3 is 2.19 bits per heavy atom. The normalized spacial score (nSPS) is 20.5. The molecule has 0 unspecified atom stereocenters. The Morgan fingerprint density at radius 1 is 1.00 bits per heavy atom. The van der Waals surface area contributed by atoms with Crippen molar-refractivity contribution in [1.82, 2.24) is 5.32 Å². The lowest BCUT2D eigenvalue weighted by atomic mass is 9.71. The highest BCUT2D eigenvalue weighted by Gasteiger charge is 2.36. The Hall–Kier alpha value is -1.07. The zero-order chi connectivity index (χ0) is 15.7. The molecule has 2 rings (SSSR count). The van der Waals surface area contributed by atoms with E-state index in [1.807, 2.05) is 0 Å². The molecule has 0 amide bonds. The number of hydrogen-bond donors (Lipinski definition) is 2. The third-order valence-corrected chi connectivity index (χ3v) is 4.39. The van der Waals surface area contributed by atoms with E-state index in [0.29, 0.717) is 25.5 Å². The zero-order valence-corrected chi connectivity index (χ0v) is 12.5. The Morgan fingerprint density at radius 2 is 1.57 bits per heavy atom. The van der Waals surface area contributed by atoms with Gasteiger partial charge in [-0.1, -0.05) is 13.8 Å². The number of halogens is 3. The molecule has 0 saturated heterocycles. The molecule has 1 aliphatic carbocycles. The van der Waals surface area contributed by atoms with Crippen LogP contribution in [0.5, 0.6) is 0 Å². The molecule has 2 nitrogen and oxygen atoms in total. The fraction of sp³-hybridized carbons (Fsp3) is 0.625. The summed E-state index contributed by atoms with van der Waals surface area (Å²) in [6.45, 7) is 4.74. The maximum absolute atomic E-state index is 13.5. The van der Waals surface area contributed by atoms with E-state index in [1.54, 1.807) is 0 Å². The van der Waals surface area contributed by atoms with Gasteiger partial charge >= 0.3 is 0 Å². The minimum atomic E-state index is -1.19. The number of benzene rings is 1. The van der Waals surface area contributed by atoms with Gasteiger partial charge < -0.3 is 10.4 Å². The molecule has 0 heterocycles. The van der Waals surface area contributed by atoms with Crippen LogP contribution in [0.1, 0.15) is 45.1 Å². The summed E-state index contributed by atoms with van der Waals surface area (Å²) in [5.74, 6) is -3.03. The third kappa shape index (κ3) is 4.20. The van der Waals surface area contributed by atoms with Crippen molar-refractivity contribution >= 4 is 0 Å². The van der Waals surface area contributed by atoms with E-state index < -0.39 is 23.1 Å². The fourth-order valence-corrected chi connectivity index (χ4v) is 2.70. The van der Waals surface area contributed by atoms with Gasteiger partial charge in [0.15, 0.2) is 11.6 Å². The number of aliphatic hydroxyl groups is 1. The van der Waals surface area contributed by atoms with Gasteiger partial charge in [-0.15, -0.1) is 0 Å². The molecule has 1 aliphatic rings. The van der Waals surface area contributed by atoms with Crippen molar-refractivity contribution < 1.29 is 18.3 Å². The largest absolute Gasteiger partial charge is 0.389 e. The smallest absolute Gasteiger partial charge is 0.161 e. The molecule has 1 fully saturated rings. The maximum Gasteiger partial charge on any atom is 0.161 e. The van der Waals surface area contributed by atoms with Gasteiger partial charge in [0.25, 0.3) is 0 Å². The SMILES string of the molecule is CC1(C)CCC(O)(CNCc2cc(F)c(F)cc2F)CC1. The van der Waals surface area contributed by atoms with E-state index in [0.717, 1.165) is 18.9 Å². The Kier molecular flexibility index (Phi) is 4.63. The van der Waals surface area contributed by atoms with E-state index in [2.05, 4.69) is 19.2 Å². The maximum atomic E-state index is 13.5. The monoisotopic (exact) mass is 301 g/mol. The van der Waals surface area contributed by atoms with Crippen molar-refractivity contribution in [2.24, 2.45) is 5.41 Å². The van der Waals surface area contributed by atoms with Gasteiger partial charge in [-0.2, -0.15) is 0 Å². The van der Waals surface area contributed by atoms with Gasteiger partial charge in [0.1, 0.15) is 5.82 Å². The van der Waals surface area contributed by atoms with Crippen LogP contribution in [0.15, 0.2) is 12.1 Å². The molecule has 118 valence electrons. The Balaban J connectivity index is 1.89. The Bertz CT molecular complexity index is 506. The van der Waals surface area contributed by atoms with Crippen LogP contribution in [0.2, 0.25) is 0 Å². The second kappa shape index (κ2) is 5.97. The van der Waals surface area contributed by atoms with E-state index >= 15 is 0 Å². The summed E-state index contributed by atoms with van der Waals surface area (Å²) in [6, 6.07) is 1.40. The highest BCUT2D eigenvalue weighted by atomic mass is 19.2.